The van der Waals surface area contributed by atoms with Crippen molar-refractivity contribution in [2.75, 3.05) is 0 Å². The Hall–Kier alpha value is -1.15. The maximum absolute atomic E-state index is 13.3. The Kier molecular flexibility index (Phi) is 4.41. The molecule has 0 bridgehead atoms. The summed E-state index contributed by atoms with van der Waals surface area (Å²) in [4.78, 5) is 0. The average molecular weight is 262 g/mol. The van der Waals surface area contributed by atoms with Gasteiger partial charge in [-0.1, -0.05) is 24.6 Å². The van der Waals surface area contributed by atoms with E-state index in [0.717, 1.165) is 24.0 Å². The van der Waals surface area contributed by atoms with Gasteiger partial charge in [0.05, 0.1) is 6.10 Å². The van der Waals surface area contributed by atoms with Crippen LogP contribution in [0, 0.1) is 24.6 Å². The molecule has 1 aliphatic carbocycles. The number of aliphatic hydroxyl groups is 1. The Balaban J connectivity index is 2.07. The number of rotatable bonds is 3. The van der Waals surface area contributed by atoms with Crippen LogP contribution in [0.5, 0.6) is 0 Å². The molecule has 2 heteroatoms. The van der Waals surface area contributed by atoms with Crippen molar-refractivity contribution in [1.29, 1.82) is 0 Å². The highest BCUT2D eigenvalue weighted by Gasteiger charge is 2.25. The van der Waals surface area contributed by atoms with Crippen LogP contribution in [0.4, 0.5) is 4.39 Å². The first-order chi connectivity index (χ1) is 8.95. The predicted molar refractivity (Wildman–Crippen MR) is 76.5 cm³/mol. The summed E-state index contributed by atoms with van der Waals surface area (Å²) in [6, 6.07) is 4.81. The van der Waals surface area contributed by atoms with Crippen LogP contribution in [0.1, 0.15) is 37.8 Å². The van der Waals surface area contributed by atoms with E-state index >= 15 is 0 Å². The first-order valence-electron chi connectivity index (χ1n) is 7.06. The number of aliphatic hydroxyl groups excluding tert-OH is 1. The largest absolute Gasteiger partial charge is 0.392 e. The Labute approximate surface area is 115 Å². The molecule has 0 fully saturated rings. The molecular formula is C17H23FO. The minimum absolute atomic E-state index is 0.221. The second kappa shape index (κ2) is 5.87. The van der Waals surface area contributed by atoms with Crippen LogP contribution in [0.25, 0.3) is 0 Å². The standard InChI is InChI=1S/C17H23FO/c1-11-6-12(2)8-15(7-11)17(19)10-14-9-16(18)5-4-13(14)3/h4-6,9,11,15,17,19H,7-8,10H2,1-3H3. The molecule has 2 rings (SSSR count). The van der Waals surface area contributed by atoms with E-state index in [4.69, 9.17) is 0 Å². The van der Waals surface area contributed by atoms with Gasteiger partial charge in [-0.2, -0.15) is 0 Å². The van der Waals surface area contributed by atoms with Crippen LogP contribution in [0.2, 0.25) is 0 Å². The first-order valence-corrected chi connectivity index (χ1v) is 7.06. The summed E-state index contributed by atoms with van der Waals surface area (Å²) >= 11 is 0. The fourth-order valence-electron chi connectivity index (χ4n) is 3.14. The van der Waals surface area contributed by atoms with Crippen LogP contribution in [-0.4, -0.2) is 11.2 Å². The summed E-state index contributed by atoms with van der Waals surface area (Å²) in [5, 5.41) is 10.4. The van der Waals surface area contributed by atoms with Crippen LogP contribution in [0.3, 0.4) is 0 Å². The zero-order chi connectivity index (χ0) is 14.0. The molecule has 0 saturated carbocycles. The third-order valence-corrected chi connectivity index (χ3v) is 4.11. The lowest BCUT2D eigenvalue weighted by molar-refractivity contribution is 0.0930. The van der Waals surface area contributed by atoms with Crippen molar-refractivity contribution >= 4 is 0 Å². The fraction of sp³-hybridized carbons (Fsp3) is 0.529. The van der Waals surface area contributed by atoms with Crippen LogP contribution in [0.15, 0.2) is 29.8 Å². The van der Waals surface area contributed by atoms with Gasteiger partial charge in [-0.3, -0.25) is 0 Å². The summed E-state index contributed by atoms with van der Waals surface area (Å²) in [5.41, 5.74) is 3.34. The van der Waals surface area contributed by atoms with Crippen molar-refractivity contribution in [3.63, 3.8) is 0 Å². The maximum Gasteiger partial charge on any atom is 0.123 e. The molecule has 0 heterocycles. The monoisotopic (exact) mass is 262 g/mol. The smallest absolute Gasteiger partial charge is 0.123 e. The van der Waals surface area contributed by atoms with E-state index < -0.39 is 0 Å². The van der Waals surface area contributed by atoms with Crippen molar-refractivity contribution in [2.24, 2.45) is 11.8 Å². The summed E-state index contributed by atoms with van der Waals surface area (Å²) in [6.45, 7) is 6.29. The first kappa shape index (κ1) is 14.3. The molecule has 3 atom stereocenters. The lowest BCUT2D eigenvalue weighted by Crippen LogP contribution is -2.27. The maximum atomic E-state index is 13.3. The zero-order valence-electron chi connectivity index (χ0n) is 12.0. The highest BCUT2D eigenvalue weighted by atomic mass is 19.1. The van der Waals surface area contributed by atoms with Crippen molar-refractivity contribution in [3.05, 3.63) is 46.8 Å². The van der Waals surface area contributed by atoms with Gasteiger partial charge in [0.15, 0.2) is 0 Å². The molecule has 1 aliphatic rings. The quantitative estimate of drug-likeness (QED) is 0.815. The normalized spacial score (nSPS) is 25.0. The van der Waals surface area contributed by atoms with E-state index in [1.54, 1.807) is 12.1 Å². The number of benzene rings is 1. The van der Waals surface area contributed by atoms with Gasteiger partial charge in [0.25, 0.3) is 0 Å². The minimum Gasteiger partial charge on any atom is -0.392 e. The topological polar surface area (TPSA) is 20.2 Å². The molecule has 1 aromatic rings. The molecular weight excluding hydrogens is 239 g/mol. The molecule has 0 radical (unpaired) electrons. The fourth-order valence-corrected chi connectivity index (χ4v) is 3.14. The lowest BCUT2D eigenvalue weighted by atomic mass is 9.79. The second-order valence-electron chi connectivity index (χ2n) is 6.03. The van der Waals surface area contributed by atoms with E-state index in [1.807, 2.05) is 6.92 Å². The van der Waals surface area contributed by atoms with Crippen molar-refractivity contribution in [3.8, 4) is 0 Å². The lowest BCUT2D eigenvalue weighted by Gasteiger charge is -2.29. The highest BCUT2D eigenvalue weighted by molar-refractivity contribution is 5.27. The third-order valence-electron chi connectivity index (χ3n) is 4.11. The van der Waals surface area contributed by atoms with E-state index in [1.165, 1.54) is 11.6 Å². The summed E-state index contributed by atoms with van der Waals surface area (Å²) in [7, 11) is 0. The predicted octanol–water partition coefficient (Wildman–Crippen LogP) is 4.03. The number of hydrogen-bond acceptors (Lipinski definition) is 1. The molecule has 0 spiro atoms. The average Bonchev–Trinajstić information content (AvgIpc) is 2.32. The molecule has 1 nitrogen and oxygen atoms in total. The summed E-state index contributed by atoms with van der Waals surface area (Å²) < 4.78 is 13.3. The van der Waals surface area contributed by atoms with Gasteiger partial charge < -0.3 is 5.11 Å². The van der Waals surface area contributed by atoms with Gasteiger partial charge >= 0.3 is 0 Å². The van der Waals surface area contributed by atoms with E-state index in [0.29, 0.717) is 18.3 Å². The Morgan fingerprint density at radius 3 is 2.79 bits per heavy atom. The van der Waals surface area contributed by atoms with E-state index in [-0.39, 0.29) is 11.9 Å². The molecule has 104 valence electrons. The molecule has 0 amide bonds. The van der Waals surface area contributed by atoms with Crippen LogP contribution >= 0.6 is 0 Å². The van der Waals surface area contributed by atoms with Gasteiger partial charge in [0.1, 0.15) is 5.82 Å². The van der Waals surface area contributed by atoms with E-state index in [2.05, 4.69) is 19.9 Å². The highest BCUT2D eigenvalue weighted by Crippen LogP contribution is 2.31. The van der Waals surface area contributed by atoms with Gasteiger partial charge in [0.2, 0.25) is 0 Å². The molecule has 1 aromatic carbocycles. The number of halogens is 1. The SMILES string of the molecule is CC1=CC(C)CC(C(O)Cc2cc(F)ccc2C)C1. The van der Waals surface area contributed by atoms with Crippen molar-refractivity contribution in [1.82, 2.24) is 0 Å². The number of hydrogen-bond donors (Lipinski definition) is 1. The van der Waals surface area contributed by atoms with Crippen LogP contribution in [-0.2, 0) is 6.42 Å². The summed E-state index contributed by atoms with van der Waals surface area (Å²) in [5.74, 6) is 0.602. The minimum atomic E-state index is -0.383. The Bertz CT molecular complexity index is 478. The Morgan fingerprint density at radius 1 is 1.37 bits per heavy atom. The van der Waals surface area contributed by atoms with Crippen LogP contribution < -0.4 is 0 Å². The number of aryl methyl sites for hydroxylation is 1. The van der Waals surface area contributed by atoms with Crippen molar-refractivity contribution in [2.45, 2.75) is 46.1 Å². The Morgan fingerprint density at radius 2 is 2.11 bits per heavy atom. The van der Waals surface area contributed by atoms with Gasteiger partial charge in [-0.15, -0.1) is 0 Å². The molecule has 0 aliphatic heterocycles. The van der Waals surface area contributed by atoms with Gasteiger partial charge in [-0.05, 0) is 68.2 Å². The van der Waals surface area contributed by atoms with E-state index in [9.17, 15) is 9.50 Å². The van der Waals surface area contributed by atoms with Crippen molar-refractivity contribution < 1.29 is 9.50 Å². The molecule has 3 unspecified atom stereocenters. The number of allylic oxidation sites excluding steroid dienone is 2. The third kappa shape index (κ3) is 3.66. The summed E-state index contributed by atoms with van der Waals surface area (Å²) in [6.07, 6.45) is 4.43. The molecule has 0 saturated heterocycles. The second-order valence-corrected chi connectivity index (χ2v) is 6.03. The molecule has 0 aromatic heterocycles. The zero-order valence-corrected chi connectivity index (χ0v) is 12.0. The molecule has 19 heavy (non-hydrogen) atoms. The van der Waals surface area contributed by atoms with Gasteiger partial charge in [0, 0.05) is 0 Å². The van der Waals surface area contributed by atoms with Gasteiger partial charge in [-0.25, -0.2) is 4.39 Å². The molecule has 1 N–H and O–H groups in total.